The summed E-state index contributed by atoms with van der Waals surface area (Å²) in [7, 11) is 0. The van der Waals surface area contributed by atoms with Gasteiger partial charge >= 0.3 is 0 Å². The number of amides is 3. The monoisotopic (exact) mass is 621 g/mol. The van der Waals surface area contributed by atoms with Gasteiger partial charge in [-0.3, -0.25) is 24.4 Å². The molecule has 2 saturated heterocycles. The second-order valence-electron chi connectivity index (χ2n) is 12.7. The molecule has 0 bridgehead atoms. The van der Waals surface area contributed by atoms with E-state index < -0.39 is 12.1 Å². The van der Waals surface area contributed by atoms with Crippen molar-refractivity contribution in [2.24, 2.45) is 9.98 Å². The summed E-state index contributed by atoms with van der Waals surface area (Å²) < 4.78 is 0. The highest BCUT2D eigenvalue weighted by atomic mass is 16.2. The fourth-order valence-electron chi connectivity index (χ4n) is 7.31. The van der Waals surface area contributed by atoms with Gasteiger partial charge in [0.15, 0.2) is 0 Å². The molecule has 0 aliphatic carbocycles. The lowest BCUT2D eigenvalue weighted by Gasteiger charge is -2.31. The van der Waals surface area contributed by atoms with Crippen LogP contribution in [0.1, 0.15) is 58.3 Å². The molecule has 234 valence electrons. The van der Waals surface area contributed by atoms with Gasteiger partial charge in [-0.05, 0) is 84.3 Å². The highest BCUT2D eigenvalue weighted by Crippen LogP contribution is 2.31. The molecule has 4 heterocycles. The van der Waals surface area contributed by atoms with Crippen LogP contribution in [0.15, 0.2) is 107 Å². The van der Waals surface area contributed by atoms with Crippen LogP contribution in [-0.4, -0.2) is 64.1 Å². The normalized spacial score (nSPS) is 19.7. The molecule has 8 nitrogen and oxygen atoms in total. The fourth-order valence-corrected chi connectivity index (χ4v) is 7.31. The van der Waals surface area contributed by atoms with Crippen molar-refractivity contribution in [1.82, 2.24) is 9.80 Å². The average molecular weight is 622 g/mol. The summed E-state index contributed by atoms with van der Waals surface area (Å²) >= 11 is 0. The molecule has 8 rings (SSSR count). The maximum Gasteiger partial charge on any atom is 0.254 e. The van der Waals surface area contributed by atoms with E-state index in [-0.39, 0.29) is 17.7 Å². The predicted molar refractivity (Wildman–Crippen MR) is 183 cm³/mol. The van der Waals surface area contributed by atoms with Crippen LogP contribution in [0.3, 0.4) is 0 Å². The molecule has 0 unspecified atom stereocenters. The number of fused-ring (bicyclic) bond motifs is 2. The third kappa shape index (κ3) is 5.54. The van der Waals surface area contributed by atoms with Crippen molar-refractivity contribution in [2.45, 2.75) is 50.6 Å². The van der Waals surface area contributed by atoms with Crippen LogP contribution in [0, 0.1) is 0 Å². The van der Waals surface area contributed by atoms with E-state index in [1.165, 1.54) is 11.1 Å². The first-order chi connectivity index (χ1) is 23.0. The van der Waals surface area contributed by atoms with Crippen molar-refractivity contribution in [3.63, 3.8) is 0 Å². The first-order valence-electron chi connectivity index (χ1n) is 16.5. The maximum absolute atomic E-state index is 13.9. The van der Waals surface area contributed by atoms with Gasteiger partial charge in [0.25, 0.3) is 5.91 Å². The molecule has 2 fully saturated rings. The van der Waals surface area contributed by atoms with Gasteiger partial charge in [0.1, 0.15) is 12.1 Å². The quantitative estimate of drug-likeness (QED) is 0.275. The number of carbonyl (C=O) groups is 3. The van der Waals surface area contributed by atoms with Gasteiger partial charge in [-0.25, -0.2) is 0 Å². The van der Waals surface area contributed by atoms with E-state index in [0.717, 1.165) is 59.6 Å². The number of rotatable bonds is 6. The molecule has 4 aliphatic heterocycles. The minimum atomic E-state index is -0.570. The van der Waals surface area contributed by atoms with Crippen LogP contribution >= 0.6 is 0 Å². The Morgan fingerprint density at radius 1 is 0.617 bits per heavy atom. The van der Waals surface area contributed by atoms with Gasteiger partial charge < -0.3 is 15.1 Å². The second-order valence-corrected chi connectivity index (χ2v) is 12.7. The van der Waals surface area contributed by atoms with Crippen molar-refractivity contribution in [2.75, 3.05) is 18.4 Å². The summed E-state index contributed by atoms with van der Waals surface area (Å²) in [5, 5.41) is 3.03. The number of hydrogen-bond donors (Lipinski definition) is 1. The van der Waals surface area contributed by atoms with Crippen LogP contribution in [0.5, 0.6) is 0 Å². The zero-order valence-corrected chi connectivity index (χ0v) is 26.1. The van der Waals surface area contributed by atoms with E-state index in [1.54, 1.807) is 9.80 Å². The van der Waals surface area contributed by atoms with Gasteiger partial charge in [0.05, 0.1) is 22.8 Å². The van der Waals surface area contributed by atoms with E-state index in [1.807, 2.05) is 84.9 Å². The Morgan fingerprint density at radius 3 is 1.74 bits per heavy atom. The fraction of sp³-hybridized carbons (Fsp3) is 0.256. The highest BCUT2D eigenvalue weighted by molar-refractivity contribution is 6.08. The lowest BCUT2D eigenvalue weighted by Crippen LogP contribution is -2.51. The van der Waals surface area contributed by atoms with E-state index in [0.29, 0.717) is 37.2 Å². The molecule has 8 heteroatoms. The van der Waals surface area contributed by atoms with Crippen molar-refractivity contribution >= 4 is 46.2 Å². The van der Waals surface area contributed by atoms with Gasteiger partial charge in [-0.2, -0.15) is 0 Å². The van der Waals surface area contributed by atoms with Crippen LogP contribution in [0.4, 0.5) is 17.1 Å². The number of hydrogen-bond acceptors (Lipinski definition) is 5. The molecule has 2 atom stereocenters. The predicted octanol–water partition coefficient (Wildman–Crippen LogP) is 6.27. The number of anilines is 1. The van der Waals surface area contributed by atoms with Crippen LogP contribution in [0.2, 0.25) is 0 Å². The Bertz CT molecular complexity index is 1950. The number of carbonyl (C=O) groups excluding carboxylic acids is 3. The van der Waals surface area contributed by atoms with Crippen molar-refractivity contribution in [1.29, 1.82) is 0 Å². The summed E-state index contributed by atoms with van der Waals surface area (Å²) in [6.45, 7) is 1.03. The molecular formula is C39H35N5O3. The molecule has 4 aliphatic rings. The standard InChI is InChI=1S/C39H35N5O3/c45-37(40-30-19-17-26(18-20-30)34-24-29-8-2-4-10-32(29)42-34)35-11-5-21-43(35)39(47)36-12-6-22-44(36)38(46)27-15-13-25(14-16-27)33-23-28-7-1-3-9-31(28)41-33/h1-4,7-10,13-20,35-36H,5-6,11-12,21-24H2,(H,40,45)/t35-,36-/m0/s1. The zero-order chi connectivity index (χ0) is 31.9. The minimum Gasteiger partial charge on any atom is -0.329 e. The van der Waals surface area contributed by atoms with Crippen molar-refractivity contribution < 1.29 is 14.4 Å². The second kappa shape index (κ2) is 12.1. The Balaban J connectivity index is 0.909. The van der Waals surface area contributed by atoms with Gasteiger partial charge in [-0.15, -0.1) is 0 Å². The molecule has 0 radical (unpaired) electrons. The largest absolute Gasteiger partial charge is 0.329 e. The Labute approximate surface area is 273 Å². The molecule has 0 saturated carbocycles. The Hall–Kier alpha value is -5.37. The van der Waals surface area contributed by atoms with Gasteiger partial charge in [0.2, 0.25) is 11.8 Å². The Morgan fingerprint density at radius 2 is 1.15 bits per heavy atom. The third-order valence-corrected chi connectivity index (χ3v) is 9.80. The van der Waals surface area contributed by atoms with Crippen LogP contribution in [-0.2, 0) is 22.4 Å². The molecule has 4 aromatic carbocycles. The molecule has 3 amide bonds. The summed E-state index contributed by atoms with van der Waals surface area (Å²) in [5.41, 5.74) is 9.67. The summed E-state index contributed by atoms with van der Waals surface area (Å²) in [6.07, 6.45) is 4.26. The summed E-state index contributed by atoms with van der Waals surface area (Å²) in [6, 6.07) is 30.4. The smallest absolute Gasteiger partial charge is 0.254 e. The highest BCUT2D eigenvalue weighted by Gasteiger charge is 2.42. The molecule has 0 aromatic heterocycles. The van der Waals surface area contributed by atoms with Crippen molar-refractivity contribution in [3.8, 4) is 0 Å². The van der Waals surface area contributed by atoms with E-state index in [9.17, 15) is 14.4 Å². The summed E-state index contributed by atoms with van der Waals surface area (Å²) in [5.74, 6) is -0.491. The third-order valence-electron chi connectivity index (χ3n) is 9.80. The Kier molecular flexibility index (Phi) is 7.48. The number of nitrogens with one attached hydrogen (secondary N) is 1. The molecule has 0 spiro atoms. The van der Waals surface area contributed by atoms with Gasteiger partial charge in [-0.1, -0.05) is 60.7 Å². The average Bonchev–Trinajstić information content (AvgIpc) is 3.93. The first-order valence-corrected chi connectivity index (χ1v) is 16.5. The number of benzene rings is 4. The van der Waals surface area contributed by atoms with Crippen LogP contribution in [0.25, 0.3) is 0 Å². The number of aliphatic imine (C=N–C) groups is 2. The number of para-hydroxylation sites is 2. The lowest BCUT2D eigenvalue weighted by atomic mass is 10.0. The molecule has 4 aromatic rings. The van der Waals surface area contributed by atoms with E-state index in [2.05, 4.69) is 17.4 Å². The maximum atomic E-state index is 13.9. The topological polar surface area (TPSA) is 94.4 Å². The minimum absolute atomic E-state index is 0.141. The zero-order valence-electron chi connectivity index (χ0n) is 26.1. The molecular weight excluding hydrogens is 586 g/mol. The number of nitrogens with zero attached hydrogens (tertiary/aromatic N) is 4. The van der Waals surface area contributed by atoms with E-state index in [4.69, 9.17) is 9.98 Å². The van der Waals surface area contributed by atoms with Crippen LogP contribution < -0.4 is 5.32 Å². The van der Waals surface area contributed by atoms with Gasteiger partial charge in [0, 0.05) is 37.2 Å². The number of likely N-dealkylation sites (tertiary alicyclic amines) is 2. The van der Waals surface area contributed by atoms with Crippen molar-refractivity contribution in [3.05, 3.63) is 125 Å². The SMILES string of the molecule is O=C(Nc1ccc(C2=Nc3ccccc3C2)cc1)[C@@H]1CCCN1C(=O)[C@@H]1CCCN1C(=O)c1ccc(C2=Nc3ccccc3C2)cc1. The molecule has 1 N–H and O–H groups in total. The molecule has 47 heavy (non-hydrogen) atoms. The first kappa shape index (κ1) is 29.1. The lowest BCUT2D eigenvalue weighted by molar-refractivity contribution is -0.139. The summed E-state index contributed by atoms with van der Waals surface area (Å²) in [4.78, 5) is 53.9. The van der Waals surface area contributed by atoms with E-state index >= 15 is 0 Å².